The van der Waals surface area contributed by atoms with Crippen LogP contribution in [0.15, 0.2) is 53.9 Å². The molecular weight excluding hydrogens is 518 g/mol. The van der Waals surface area contributed by atoms with Crippen LogP contribution < -0.4 is 5.32 Å². The molecule has 0 atom stereocenters. The second-order valence-corrected chi connectivity index (χ2v) is 11.8. The fraction of sp³-hybridized carbons (Fsp3) is 0.385. The number of hydrogen-bond donors (Lipinski definition) is 3. The van der Waals surface area contributed by atoms with E-state index in [1.807, 2.05) is 6.92 Å². The molecule has 2 aliphatic rings. The van der Waals surface area contributed by atoms with Crippen LogP contribution in [0.1, 0.15) is 25.3 Å². The Hall–Kier alpha value is -3.51. The number of carbonyl (C=O) groups is 1. The fourth-order valence-electron chi connectivity index (χ4n) is 4.08. The van der Waals surface area contributed by atoms with Gasteiger partial charge in [-0.05, 0) is 42.7 Å². The standard InChI is InChI=1S/C26H30F2N4O5S/c1-26(6-7-26)17-37-24(25(34)30-21-13-19(27)12-20(28)14-21)23(15-29)31-8-10-32(11-9-31)38(35,36)16-18-2-4-22(33)5-3-18/h2-5,12-15,29,33H,6-11,16-17H2,1H3,(H,30,34)/b24-23-,29-15?. The molecule has 0 bridgehead atoms. The highest BCUT2D eigenvalue weighted by Gasteiger charge is 2.39. The van der Waals surface area contributed by atoms with Gasteiger partial charge < -0.3 is 25.5 Å². The molecule has 3 N–H and O–H groups in total. The molecule has 9 nitrogen and oxygen atoms in total. The maximum Gasteiger partial charge on any atom is 0.293 e. The smallest absolute Gasteiger partial charge is 0.293 e. The van der Waals surface area contributed by atoms with Crippen LogP contribution in [-0.4, -0.2) is 67.6 Å². The molecule has 0 radical (unpaired) electrons. The van der Waals surface area contributed by atoms with E-state index in [4.69, 9.17) is 10.1 Å². The molecule has 1 aliphatic carbocycles. The average Bonchev–Trinajstić information content (AvgIpc) is 3.59. The number of allylic oxidation sites excluding steroid dienone is 1. The number of amides is 1. The third kappa shape index (κ3) is 6.87. The first-order valence-electron chi connectivity index (χ1n) is 12.1. The van der Waals surface area contributed by atoms with Crippen molar-refractivity contribution in [3.63, 3.8) is 0 Å². The normalized spacial score (nSPS) is 17.9. The van der Waals surface area contributed by atoms with Gasteiger partial charge in [0.15, 0.2) is 0 Å². The molecule has 0 aromatic heterocycles. The van der Waals surface area contributed by atoms with Gasteiger partial charge in [-0.25, -0.2) is 17.2 Å². The maximum absolute atomic E-state index is 13.7. The number of benzene rings is 2. The summed E-state index contributed by atoms with van der Waals surface area (Å²) in [5.74, 6) is -2.81. The predicted octanol–water partition coefficient (Wildman–Crippen LogP) is 3.43. The largest absolute Gasteiger partial charge is 0.508 e. The number of anilines is 1. The van der Waals surface area contributed by atoms with Crippen molar-refractivity contribution in [2.75, 3.05) is 38.1 Å². The van der Waals surface area contributed by atoms with E-state index in [1.165, 1.54) is 16.4 Å². The van der Waals surface area contributed by atoms with Crippen LogP contribution in [-0.2, 0) is 25.3 Å². The van der Waals surface area contributed by atoms with Crippen molar-refractivity contribution in [1.82, 2.24) is 9.21 Å². The fourth-order valence-corrected chi connectivity index (χ4v) is 5.59. The Labute approximate surface area is 220 Å². The molecule has 1 heterocycles. The van der Waals surface area contributed by atoms with Crippen LogP contribution in [0.3, 0.4) is 0 Å². The molecule has 1 aliphatic heterocycles. The first-order valence-corrected chi connectivity index (χ1v) is 13.7. The minimum atomic E-state index is -3.64. The molecule has 1 saturated heterocycles. The van der Waals surface area contributed by atoms with Crippen LogP contribution in [0, 0.1) is 22.5 Å². The Morgan fingerprint density at radius 1 is 1.11 bits per heavy atom. The highest BCUT2D eigenvalue weighted by atomic mass is 32.2. The van der Waals surface area contributed by atoms with Crippen LogP contribution in [0.2, 0.25) is 0 Å². The van der Waals surface area contributed by atoms with Crippen LogP contribution in [0.5, 0.6) is 5.75 Å². The monoisotopic (exact) mass is 548 g/mol. The lowest BCUT2D eigenvalue weighted by Gasteiger charge is -2.36. The third-order valence-electron chi connectivity index (χ3n) is 6.62. The summed E-state index contributed by atoms with van der Waals surface area (Å²) in [6, 6.07) is 8.59. The van der Waals surface area contributed by atoms with Crippen molar-refractivity contribution in [1.29, 1.82) is 5.41 Å². The van der Waals surface area contributed by atoms with Gasteiger partial charge in [-0.2, -0.15) is 4.31 Å². The number of nitrogens with one attached hydrogen (secondary N) is 2. The van der Waals surface area contributed by atoms with E-state index in [2.05, 4.69) is 5.32 Å². The molecule has 2 aromatic carbocycles. The molecule has 1 saturated carbocycles. The van der Waals surface area contributed by atoms with Crippen molar-refractivity contribution >= 4 is 27.8 Å². The summed E-state index contributed by atoms with van der Waals surface area (Å²) >= 11 is 0. The van der Waals surface area contributed by atoms with E-state index >= 15 is 0 Å². The number of phenols is 1. The Kier molecular flexibility index (Phi) is 8.02. The van der Waals surface area contributed by atoms with Gasteiger partial charge in [0, 0.05) is 49.6 Å². The lowest BCUT2D eigenvalue weighted by atomic mass is 10.2. The van der Waals surface area contributed by atoms with Gasteiger partial charge in [0.05, 0.1) is 12.4 Å². The molecule has 0 unspecified atom stereocenters. The number of sulfonamides is 1. The number of rotatable bonds is 10. The topological polar surface area (TPSA) is 123 Å². The van der Waals surface area contributed by atoms with Crippen molar-refractivity contribution < 1.29 is 31.8 Å². The summed E-state index contributed by atoms with van der Waals surface area (Å²) in [6.45, 7) is 2.88. The zero-order valence-electron chi connectivity index (χ0n) is 20.9. The first kappa shape index (κ1) is 27.5. The molecule has 1 amide bonds. The molecule has 38 heavy (non-hydrogen) atoms. The molecule has 204 valence electrons. The summed E-state index contributed by atoms with van der Waals surface area (Å²) in [5, 5.41) is 19.9. The molecule has 2 aromatic rings. The Morgan fingerprint density at radius 3 is 2.26 bits per heavy atom. The quantitative estimate of drug-likeness (QED) is 0.238. The predicted molar refractivity (Wildman–Crippen MR) is 138 cm³/mol. The lowest BCUT2D eigenvalue weighted by Crippen LogP contribution is -2.49. The van der Waals surface area contributed by atoms with Gasteiger partial charge in [-0.1, -0.05) is 19.1 Å². The van der Waals surface area contributed by atoms with Crippen molar-refractivity contribution in [3.8, 4) is 5.75 Å². The lowest BCUT2D eigenvalue weighted by molar-refractivity contribution is -0.116. The van der Waals surface area contributed by atoms with E-state index < -0.39 is 27.6 Å². The van der Waals surface area contributed by atoms with Gasteiger partial charge >= 0.3 is 0 Å². The minimum absolute atomic E-state index is 0.0472. The first-order chi connectivity index (χ1) is 18.0. The van der Waals surface area contributed by atoms with Gasteiger partial charge in [0.2, 0.25) is 15.8 Å². The maximum atomic E-state index is 13.7. The number of ether oxygens (including phenoxy) is 1. The van der Waals surface area contributed by atoms with Gasteiger partial charge in [-0.3, -0.25) is 4.79 Å². The number of hydrogen-bond acceptors (Lipinski definition) is 7. The van der Waals surface area contributed by atoms with E-state index in [-0.39, 0.29) is 66.8 Å². The summed E-state index contributed by atoms with van der Waals surface area (Å²) in [4.78, 5) is 14.9. The van der Waals surface area contributed by atoms with Gasteiger partial charge in [0.1, 0.15) is 23.1 Å². The second kappa shape index (κ2) is 11.1. The summed E-state index contributed by atoms with van der Waals surface area (Å²) in [6.07, 6.45) is 2.82. The zero-order chi connectivity index (χ0) is 27.5. The highest BCUT2D eigenvalue weighted by Crippen LogP contribution is 2.45. The van der Waals surface area contributed by atoms with Crippen LogP contribution in [0.25, 0.3) is 0 Å². The number of halogens is 2. The third-order valence-corrected chi connectivity index (χ3v) is 8.47. The molecule has 2 fully saturated rings. The van der Waals surface area contributed by atoms with Gasteiger partial charge in [-0.15, -0.1) is 0 Å². The molecular formula is C26H30F2N4O5S. The van der Waals surface area contributed by atoms with Gasteiger partial charge in [0.25, 0.3) is 5.91 Å². The minimum Gasteiger partial charge on any atom is -0.508 e. The second-order valence-electron chi connectivity index (χ2n) is 9.88. The van der Waals surface area contributed by atoms with E-state index in [0.717, 1.165) is 31.2 Å². The number of aromatic hydroxyl groups is 1. The number of carbonyl (C=O) groups excluding carboxylic acids is 1. The molecule has 12 heteroatoms. The number of piperazine rings is 1. The Balaban J connectivity index is 1.50. The van der Waals surface area contributed by atoms with E-state index in [0.29, 0.717) is 11.6 Å². The summed E-state index contributed by atoms with van der Waals surface area (Å²) in [5.41, 5.74) is 0.505. The number of phenolic OH excluding ortho intramolecular Hbond substituents is 1. The highest BCUT2D eigenvalue weighted by molar-refractivity contribution is 7.88. The number of nitrogens with zero attached hydrogens (tertiary/aromatic N) is 2. The van der Waals surface area contributed by atoms with Crippen molar-refractivity contribution in [2.24, 2.45) is 5.41 Å². The average molecular weight is 549 g/mol. The SMILES string of the molecule is CC1(CO/C(C(=O)Nc2cc(F)cc(F)c2)=C(/C=N)N2CCN(S(=O)(=O)Cc3ccc(O)cc3)CC2)CC1. The molecule has 0 spiro atoms. The van der Waals surface area contributed by atoms with Crippen molar-refractivity contribution in [3.05, 3.63) is 71.1 Å². The summed E-state index contributed by atoms with van der Waals surface area (Å²) in [7, 11) is -3.64. The van der Waals surface area contributed by atoms with E-state index in [9.17, 15) is 27.1 Å². The summed E-state index contributed by atoms with van der Waals surface area (Å²) < 4.78 is 60.4. The van der Waals surface area contributed by atoms with Crippen LogP contribution >= 0.6 is 0 Å². The zero-order valence-corrected chi connectivity index (χ0v) is 21.7. The van der Waals surface area contributed by atoms with Crippen LogP contribution in [0.4, 0.5) is 14.5 Å². The van der Waals surface area contributed by atoms with E-state index in [1.54, 1.807) is 17.0 Å². The molecule has 4 rings (SSSR count). The van der Waals surface area contributed by atoms with Crippen molar-refractivity contribution in [2.45, 2.75) is 25.5 Å². The Bertz CT molecular complexity index is 1320. The Morgan fingerprint density at radius 2 is 1.71 bits per heavy atom.